The van der Waals surface area contributed by atoms with Crippen molar-refractivity contribution in [3.05, 3.63) is 47.8 Å². The van der Waals surface area contributed by atoms with E-state index in [0.717, 1.165) is 16.9 Å². The first-order valence-electron chi connectivity index (χ1n) is 5.18. The smallest absolute Gasteiger partial charge is 0.124 e. The monoisotopic (exact) mass is 217 g/mol. The van der Waals surface area contributed by atoms with E-state index in [1.54, 1.807) is 10.9 Å². The van der Waals surface area contributed by atoms with Crippen LogP contribution >= 0.6 is 0 Å². The lowest BCUT2D eigenvalue weighted by Gasteiger charge is -2.08. The summed E-state index contributed by atoms with van der Waals surface area (Å²) in [4.78, 5) is 0. The molecular formula is C12H15N3O. The highest BCUT2D eigenvalue weighted by Crippen LogP contribution is 2.18. The van der Waals surface area contributed by atoms with Crippen molar-refractivity contribution < 1.29 is 4.74 Å². The molecular weight excluding hydrogens is 202 g/mol. The molecule has 16 heavy (non-hydrogen) atoms. The van der Waals surface area contributed by atoms with Gasteiger partial charge in [0.1, 0.15) is 12.4 Å². The van der Waals surface area contributed by atoms with Crippen molar-refractivity contribution in [1.29, 1.82) is 0 Å². The Morgan fingerprint density at radius 2 is 2.19 bits per heavy atom. The third kappa shape index (κ3) is 2.41. The van der Waals surface area contributed by atoms with Crippen molar-refractivity contribution in [2.75, 3.05) is 0 Å². The molecule has 0 radical (unpaired) electrons. The third-order valence-electron chi connectivity index (χ3n) is 2.35. The summed E-state index contributed by atoms with van der Waals surface area (Å²) in [6.07, 6.45) is 3.73. The normalized spacial score (nSPS) is 10.4. The molecule has 1 heterocycles. The van der Waals surface area contributed by atoms with Gasteiger partial charge in [-0.15, -0.1) is 0 Å². The maximum atomic E-state index is 5.69. The first kappa shape index (κ1) is 10.7. The first-order valence-corrected chi connectivity index (χ1v) is 5.18. The molecule has 0 aliphatic heterocycles. The predicted molar refractivity (Wildman–Crippen MR) is 61.9 cm³/mol. The molecule has 2 aromatic rings. The topological polar surface area (TPSA) is 53.1 Å². The van der Waals surface area contributed by atoms with Crippen LogP contribution in [0.4, 0.5) is 0 Å². The second-order valence-electron chi connectivity index (χ2n) is 3.62. The summed E-state index contributed by atoms with van der Waals surface area (Å²) in [5, 5.41) is 4.08. The van der Waals surface area contributed by atoms with Gasteiger partial charge in [-0.3, -0.25) is 4.68 Å². The van der Waals surface area contributed by atoms with Crippen LogP contribution in [0.25, 0.3) is 0 Å². The lowest BCUT2D eigenvalue weighted by Crippen LogP contribution is -2.02. The lowest BCUT2D eigenvalue weighted by atomic mass is 10.2. The van der Waals surface area contributed by atoms with Crippen molar-refractivity contribution >= 4 is 0 Å². The van der Waals surface area contributed by atoms with Gasteiger partial charge in [0, 0.05) is 30.9 Å². The van der Waals surface area contributed by atoms with Gasteiger partial charge in [0.15, 0.2) is 0 Å². The Morgan fingerprint density at radius 3 is 2.88 bits per heavy atom. The predicted octanol–water partition coefficient (Wildman–Crippen LogP) is 1.46. The van der Waals surface area contributed by atoms with E-state index in [1.165, 1.54) is 0 Å². The fraction of sp³-hybridized carbons (Fsp3) is 0.250. The van der Waals surface area contributed by atoms with Crippen LogP contribution in [0, 0.1) is 0 Å². The van der Waals surface area contributed by atoms with Crippen molar-refractivity contribution in [2.24, 2.45) is 12.8 Å². The van der Waals surface area contributed by atoms with Crippen LogP contribution in [-0.4, -0.2) is 9.78 Å². The molecule has 2 N–H and O–H groups in total. The fourth-order valence-corrected chi connectivity index (χ4v) is 1.52. The molecule has 2 rings (SSSR count). The zero-order chi connectivity index (χ0) is 11.4. The van der Waals surface area contributed by atoms with Crippen molar-refractivity contribution in [3.8, 4) is 5.75 Å². The summed E-state index contributed by atoms with van der Waals surface area (Å²) in [6, 6.07) is 7.80. The number of hydrogen-bond acceptors (Lipinski definition) is 3. The molecule has 4 nitrogen and oxygen atoms in total. The second kappa shape index (κ2) is 4.81. The van der Waals surface area contributed by atoms with Crippen LogP contribution in [0.15, 0.2) is 36.7 Å². The standard InChI is InChI=1S/C12H15N3O/c1-15-8-10(7-14-15)9-16-12-5-3-2-4-11(12)6-13/h2-5,7-8H,6,9,13H2,1H3. The highest BCUT2D eigenvalue weighted by atomic mass is 16.5. The van der Waals surface area contributed by atoms with Gasteiger partial charge in [-0.1, -0.05) is 18.2 Å². The van der Waals surface area contributed by atoms with E-state index in [0.29, 0.717) is 13.2 Å². The van der Waals surface area contributed by atoms with Crippen LogP contribution in [0.3, 0.4) is 0 Å². The van der Waals surface area contributed by atoms with Gasteiger partial charge in [-0.2, -0.15) is 5.10 Å². The van der Waals surface area contributed by atoms with Gasteiger partial charge < -0.3 is 10.5 Å². The Hall–Kier alpha value is -1.81. The number of nitrogens with two attached hydrogens (primary N) is 1. The SMILES string of the molecule is Cn1cc(COc2ccccc2CN)cn1. The average molecular weight is 217 g/mol. The van der Waals surface area contributed by atoms with E-state index in [-0.39, 0.29) is 0 Å². The van der Waals surface area contributed by atoms with Gasteiger partial charge in [0.25, 0.3) is 0 Å². The summed E-state index contributed by atoms with van der Waals surface area (Å²) in [6.45, 7) is 1.01. The fourth-order valence-electron chi connectivity index (χ4n) is 1.52. The minimum Gasteiger partial charge on any atom is -0.488 e. The highest BCUT2D eigenvalue weighted by Gasteiger charge is 2.02. The van der Waals surface area contributed by atoms with E-state index in [4.69, 9.17) is 10.5 Å². The minimum absolute atomic E-state index is 0.489. The Morgan fingerprint density at radius 1 is 1.38 bits per heavy atom. The van der Waals surface area contributed by atoms with E-state index >= 15 is 0 Å². The zero-order valence-corrected chi connectivity index (χ0v) is 9.26. The van der Waals surface area contributed by atoms with Crippen molar-refractivity contribution in [2.45, 2.75) is 13.2 Å². The van der Waals surface area contributed by atoms with E-state index in [9.17, 15) is 0 Å². The summed E-state index contributed by atoms with van der Waals surface area (Å²) in [5.74, 6) is 0.842. The number of ether oxygens (including phenoxy) is 1. The molecule has 0 spiro atoms. The van der Waals surface area contributed by atoms with E-state index in [2.05, 4.69) is 5.10 Å². The number of hydrogen-bond donors (Lipinski definition) is 1. The van der Waals surface area contributed by atoms with Crippen LogP contribution in [-0.2, 0) is 20.2 Å². The second-order valence-corrected chi connectivity index (χ2v) is 3.62. The quantitative estimate of drug-likeness (QED) is 0.843. The number of para-hydroxylation sites is 1. The van der Waals surface area contributed by atoms with Crippen molar-refractivity contribution in [3.63, 3.8) is 0 Å². The molecule has 1 aromatic heterocycles. The molecule has 84 valence electrons. The van der Waals surface area contributed by atoms with E-state index in [1.807, 2.05) is 37.5 Å². The van der Waals surface area contributed by atoms with E-state index < -0.39 is 0 Å². The Labute approximate surface area is 94.6 Å². The molecule has 0 saturated carbocycles. The summed E-state index contributed by atoms with van der Waals surface area (Å²) < 4.78 is 7.45. The molecule has 4 heteroatoms. The molecule has 0 atom stereocenters. The van der Waals surface area contributed by atoms with Crippen LogP contribution < -0.4 is 10.5 Å². The average Bonchev–Trinajstić information content (AvgIpc) is 2.73. The summed E-state index contributed by atoms with van der Waals surface area (Å²) in [5.41, 5.74) is 7.70. The third-order valence-corrected chi connectivity index (χ3v) is 2.35. The molecule has 0 aliphatic carbocycles. The molecule has 0 unspecified atom stereocenters. The lowest BCUT2D eigenvalue weighted by molar-refractivity contribution is 0.303. The van der Waals surface area contributed by atoms with Crippen LogP contribution in [0.1, 0.15) is 11.1 Å². The molecule has 0 fully saturated rings. The largest absolute Gasteiger partial charge is 0.488 e. The maximum Gasteiger partial charge on any atom is 0.124 e. The highest BCUT2D eigenvalue weighted by molar-refractivity contribution is 5.33. The number of rotatable bonds is 4. The summed E-state index contributed by atoms with van der Waals surface area (Å²) >= 11 is 0. The van der Waals surface area contributed by atoms with Gasteiger partial charge in [-0.25, -0.2) is 0 Å². The van der Waals surface area contributed by atoms with Crippen LogP contribution in [0.5, 0.6) is 5.75 Å². The summed E-state index contributed by atoms with van der Waals surface area (Å²) in [7, 11) is 1.89. The van der Waals surface area contributed by atoms with Crippen LogP contribution in [0.2, 0.25) is 0 Å². The number of aromatic nitrogens is 2. The molecule has 0 aliphatic rings. The van der Waals surface area contributed by atoms with Gasteiger partial charge in [0.2, 0.25) is 0 Å². The Balaban J connectivity index is 2.04. The number of aryl methyl sites for hydroxylation is 1. The minimum atomic E-state index is 0.489. The first-order chi connectivity index (χ1) is 7.79. The molecule has 0 amide bonds. The van der Waals surface area contributed by atoms with Gasteiger partial charge in [-0.05, 0) is 6.07 Å². The Kier molecular flexibility index (Phi) is 3.22. The number of benzene rings is 1. The molecule has 1 aromatic carbocycles. The zero-order valence-electron chi connectivity index (χ0n) is 9.26. The molecule has 0 saturated heterocycles. The van der Waals surface area contributed by atoms with Gasteiger partial charge >= 0.3 is 0 Å². The van der Waals surface area contributed by atoms with Crippen molar-refractivity contribution in [1.82, 2.24) is 9.78 Å². The Bertz CT molecular complexity index is 465. The maximum absolute atomic E-state index is 5.69. The van der Waals surface area contributed by atoms with Gasteiger partial charge in [0.05, 0.1) is 6.20 Å². The molecule has 0 bridgehead atoms. The number of nitrogens with zero attached hydrogens (tertiary/aromatic N) is 2.